The van der Waals surface area contributed by atoms with Gasteiger partial charge in [0, 0.05) is 25.9 Å². The number of aryl methyl sites for hydroxylation is 1. The van der Waals surface area contributed by atoms with Gasteiger partial charge < -0.3 is 10.6 Å². The predicted octanol–water partition coefficient (Wildman–Crippen LogP) is 0.408. The van der Waals surface area contributed by atoms with E-state index in [0.717, 1.165) is 17.0 Å². The molecule has 0 bridgehead atoms. The molecule has 0 aliphatic heterocycles. The minimum absolute atomic E-state index is 0.132. The molecule has 6 nitrogen and oxygen atoms in total. The molecule has 0 atom stereocenters. The molecule has 0 radical (unpaired) electrons. The van der Waals surface area contributed by atoms with Crippen LogP contribution >= 0.6 is 12.2 Å². The molecule has 7 heteroatoms. The molecule has 0 saturated carbocycles. The lowest BCUT2D eigenvalue weighted by Crippen LogP contribution is -2.25. The lowest BCUT2D eigenvalue weighted by molar-refractivity contribution is 0.968. The predicted molar refractivity (Wildman–Crippen MR) is 73.2 cm³/mol. The van der Waals surface area contributed by atoms with Crippen LogP contribution in [0.25, 0.3) is 0 Å². The first-order valence-corrected chi connectivity index (χ1v) is 5.43. The van der Waals surface area contributed by atoms with Crippen LogP contribution in [0.15, 0.2) is 11.3 Å². The summed E-state index contributed by atoms with van der Waals surface area (Å²) in [6, 6.07) is 0. The fourth-order valence-corrected chi connectivity index (χ4v) is 1.27. The lowest BCUT2D eigenvalue weighted by atomic mass is 10.2. The zero-order chi connectivity index (χ0) is 13.0. The van der Waals surface area contributed by atoms with E-state index in [1.807, 2.05) is 32.8 Å². The molecule has 0 amide bonds. The van der Waals surface area contributed by atoms with E-state index in [0.29, 0.717) is 5.95 Å². The average Bonchev–Trinajstić information content (AvgIpc) is 2.25. The molecular formula is C10H16N6S. The quantitative estimate of drug-likeness (QED) is 0.461. The topological polar surface area (TPSA) is 79.4 Å². The Hall–Kier alpha value is -1.76. The van der Waals surface area contributed by atoms with Gasteiger partial charge >= 0.3 is 0 Å². The monoisotopic (exact) mass is 252 g/mol. The third-order valence-electron chi connectivity index (χ3n) is 2.09. The van der Waals surface area contributed by atoms with E-state index in [1.165, 1.54) is 0 Å². The van der Waals surface area contributed by atoms with Gasteiger partial charge in [0.2, 0.25) is 5.95 Å². The minimum Gasteiger partial charge on any atom is -0.375 e. The van der Waals surface area contributed by atoms with Crippen LogP contribution in [-0.2, 0) is 0 Å². The molecule has 1 aromatic heterocycles. The maximum Gasteiger partial charge on any atom is 0.225 e. The molecule has 0 spiro atoms. The standard InChI is InChI=1S/C10H16N6S/c1-6-8(7(2)14-15-9(11)17)5-12-10(13-6)16(3)4/h5H,1-4H3,(H3,11,15,17). The Bertz CT molecular complexity index is 454. The smallest absolute Gasteiger partial charge is 0.225 e. The fourth-order valence-electron chi connectivity index (χ4n) is 1.22. The van der Waals surface area contributed by atoms with E-state index < -0.39 is 0 Å². The SMILES string of the molecule is CC(=NNC(N)=S)c1cnc(N(C)C)nc1C. The second kappa shape index (κ2) is 5.53. The number of thiocarbonyl (C=S) groups is 1. The molecule has 0 fully saturated rings. The Kier molecular flexibility index (Phi) is 4.33. The highest BCUT2D eigenvalue weighted by Gasteiger charge is 2.07. The number of hydrogen-bond donors (Lipinski definition) is 2. The van der Waals surface area contributed by atoms with Crippen molar-refractivity contribution < 1.29 is 0 Å². The third-order valence-corrected chi connectivity index (χ3v) is 2.18. The van der Waals surface area contributed by atoms with Crippen LogP contribution in [-0.4, -0.2) is 34.9 Å². The van der Waals surface area contributed by atoms with Gasteiger partial charge in [-0.25, -0.2) is 9.97 Å². The van der Waals surface area contributed by atoms with Crippen molar-refractivity contribution in [3.05, 3.63) is 17.5 Å². The maximum absolute atomic E-state index is 5.30. The fraction of sp³-hybridized carbons (Fsp3) is 0.400. The van der Waals surface area contributed by atoms with Crippen molar-refractivity contribution >= 4 is 29.0 Å². The molecular weight excluding hydrogens is 236 g/mol. The van der Waals surface area contributed by atoms with Gasteiger partial charge in [0.25, 0.3) is 0 Å². The van der Waals surface area contributed by atoms with Gasteiger partial charge in [0.1, 0.15) is 0 Å². The molecule has 1 heterocycles. The molecule has 0 aliphatic rings. The van der Waals surface area contributed by atoms with Crippen molar-refractivity contribution in [1.29, 1.82) is 0 Å². The largest absolute Gasteiger partial charge is 0.375 e. The number of aromatic nitrogens is 2. The normalized spacial score (nSPS) is 11.2. The van der Waals surface area contributed by atoms with Crippen LogP contribution in [0.3, 0.4) is 0 Å². The Morgan fingerprint density at radius 1 is 1.53 bits per heavy atom. The van der Waals surface area contributed by atoms with Gasteiger partial charge in [-0.05, 0) is 26.1 Å². The third kappa shape index (κ3) is 3.63. The first kappa shape index (κ1) is 13.3. The van der Waals surface area contributed by atoms with E-state index in [9.17, 15) is 0 Å². The van der Waals surface area contributed by atoms with Crippen LogP contribution in [0.2, 0.25) is 0 Å². The number of hydrazone groups is 1. The molecule has 17 heavy (non-hydrogen) atoms. The highest BCUT2D eigenvalue weighted by atomic mass is 32.1. The molecule has 0 saturated heterocycles. The molecule has 0 aromatic carbocycles. The van der Waals surface area contributed by atoms with E-state index in [1.54, 1.807) is 6.20 Å². The Labute approximate surface area is 106 Å². The van der Waals surface area contributed by atoms with E-state index >= 15 is 0 Å². The van der Waals surface area contributed by atoms with Crippen LogP contribution in [0.1, 0.15) is 18.2 Å². The number of anilines is 1. The Balaban J connectivity index is 2.99. The molecule has 0 aliphatic carbocycles. The van der Waals surface area contributed by atoms with Crippen molar-refractivity contribution in [1.82, 2.24) is 15.4 Å². The summed E-state index contributed by atoms with van der Waals surface area (Å²) in [6.45, 7) is 3.75. The van der Waals surface area contributed by atoms with Crippen molar-refractivity contribution in [2.24, 2.45) is 10.8 Å². The minimum atomic E-state index is 0.132. The number of nitrogens with zero attached hydrogens (tertiary/aromatic N) is 4. The highest BCUT2D eigenvalue weighted by molar-refractivity contribution is 7.80. The van der Waals surface area contributed by atoms with E-state index in [2.05, 4.69) is 32.7 Å². The number of nitrogens with two attached hydrogens (primary N) is 1. The first-order valence-electron chi connectivity index (χ1n) is 5.03. The van der Waals surface area contributed by atoms with Crippen molar-refractivity contribution in [2.75, 3.05) is 19.0 Å². The van der Waals surface area contributed by atoms with E-state index in [4.69, 9.17) is 5.73 Å². The zero-order valence-corrected chi connectivity index (χ0v) is 11.2. The summed E-state index contributed by atoms with van der Waals surface area (Å²) in [4.78, 5) is 10.4. The Morgan fingerprint density at radius 3 is 2.65 bits per heavy atom. The van der Waals surface area contributed by atoms with E-state index in [-0.39, 0.29) is 5.11 Å². The summed E-state index contributed by atoms with van der Waals surface area (Å²) >= 11 is 4.67. The van der Waals surface area contributed by atoms with Crippen molar-refractivity contribution in [2.45, 2.75) is 13.8 Å². The maximum atomic E-state index is 5.30. The molecule has 1 aromatic rings. The average molecular weight is 252 g/mol. The lowest BCUT2D eigenvalue weighted by Gasteiger charge is -2.12. The Morgan fingerprint density at radius 2 is 2.18 bits per heavy atom. The van der Waals surface area contributed by atoms with Gasteiger partial charge in [-0.1, -0.05) is 0 Å². The van der Waals surface area contributed by atoms with Gasteiger partial charge in [-0.15, -0.1) is 0 Å². The first-order chi connectivity index (χ1) is 7.91. The number of nitrogens with one attached hydrogen (secondary N) is 1. The van der Waals surface area contributed by atoms with Gasteiger partial charge in [0.05, 0.1) is 11.4 Å². The summed E-state index contributed by atoms with van der Waals surface area (Å²) < 4.78 is 0. The molecule has 1 rings (SSSR count). The summed E-state index contributed by atoms with van der Waals surface area (Å²) in [7, 11) is 3.79. The second-order valence-corrected chi connectivity index (χ2v) is 4.18. The summed E-state index contributed by atoms with van der Waals surface area (Å²) in [5, 5.41) is 4.17. The van der Waals surface area contributed by atoms with Crippen LogP contribution in [0.5, 0.6) is 0 Å². The van der Waals surface area contributed by atoms with Gasteiger partial charge in [0.15, 0.2) is 5.11 Å². The van der Waals surface area contributed by atoms with Crippen LogP contribution in [0, 0.1) is 6.92 Å². The van der Waals surface area contributed by atoms with Crippen LogP contribution in [0.4, 0.5) is 5.95 Å². The van der Waals surface area contributed by atoms with Crippen molar-refractivity contribution in [3.8, 4) is 0 Å². The summed E-state index contributed by atoms with van der Waals surface area (Å²) in [5.74, 6) is 0.668. The summed E-state index contributed by atoms with van der Waals surface area (Å²) in [6.07, 6.45) is 1.73. The van der Waals surface area contributed by atoms with Gasteiger partial charge in [-0.3, -0.25) is 5.43 Å². The number of hydrogen-bond acceptors (Lipinski definition) is 5. The van der Waals surface area contributed by atoms with Gasteiger partial charge in [-0.2, -0.15) is 5.10 Å². The second-order valence-electron chi connectivity index (χ2n) is 3.74. The zero-order valence-electron chi connectivity index (χ0n) is 10.4. The van der Waals surface area contributed by atoms with Crippen molar-refractivity contribution in [3.63, 3.8) is 0 Å². The number of rotatable bonds is 3. The summed E-state index contributed by atoms with van der Waals surface area (Å²) in [5.41, 5.74) is 10.3. The molecule has 3 N–H and O–H groups in total. The highest BCUT2D eigenvalue weighted by Crippen LogP contribution is 2.09. The molecule has 0 unspecified atom stereocenters. The van der Waals surface area contributed by atoms with Crippen LogP contribution < -0.4 is 16.1 Å². The molecule has 92 valence electrons.